The summed E-state index contributed by atoms with van der Waals surface area (Å²) < 4.78 is 7.98. The van der Waals surface area contributed by atoms with Gasteiger partial charge >= 0.3 is 0 Å². The van der Waals surface area contributed by atoms with E-state index in [0.717, 1.165) is 5.01 Å². The Kier molecular flexibility index (Phi) is 5.66. The zero-order chi connectivity index (χ0) is 17.8. The maximum atomic E-state index is 12.0. The Morgan fingerprint density at radius 3 is 2.92 bits per heavy atom. The monoisotopic (exact) mass is 440 g/mol. The van der Waals surface area contributed by atoms with Gasteiger partial charge in [0.05, 0.1) is 5.75 Å². The second-order valence-electron chi connectivity index (χ2n) is 4.77. The van der Waals surface area contributed by atoms with Gasteiger partial charge in [-0.2, -0.15) is 0 Å². The summed E-state index contributed by atoms with van der Waals surface area (Å²) in [6.45, 7) is 6.08. The van der Waals surface area contributed by atoms with Crippen LogP contribution in [0.5, 0.6) is 0 Å². The molecular formula is C14H13BrN6O2S2. The number of hydrogen-bond acceptors (Lipinski definition) is 8. The number of amides is 1. The first kappa shape index (κ1) is 17.8. The highest BCUT2D eigenvalue weighted by Crippen LogP contribution is 2.27. The van der Waals surface area contributed by atoms with Gasteiger partial charge in [-0.1, -0.05) is 29.2 Å². The third-order valence-corrected chi connectivity index (χ3v) is 5.07. The lowest BCUT2D eigenvalue weighted by Gasteiger charge is -2.06. The minimum Gasteiger partial charge on any atom is -0.446 e. The summed E-state index contributed by atoms with van der Waals surface area (Å²) >= 11 is 5.87. The number of aryl methyl sites for hydroxylation is 1. The normalized spacial score (nSPS) is 10.8. The summed E-state index contributed by atoms with van der Waals surface area (Å²) in [7, 11) is 0. The molecule has 25 heavy (non-hydrogen) atoms. The standard InChI is InChI=1S/C14H13BrN6O2S2/c1-3-6-21-12(9-4-5-10(15)23-9)18-20-14(21)24-7-11(22)16-13-19-17-8(2)25-13/h3-5H,1,6-7H2,2H3,(H,16,19,22). The zero-order valence-electron chi connectivity index (χ0n) is 13.1. The highest BCUT2D eigenvalue weighted by Gasteiger charge is 2.17. The summed E-state index contributed by atoms with van der Waals surface area (Å²) in [6, 6.07) is 3.58. The predicted octanol–water partition coefficient (Wildman–Crippen LogP) is 3.38. The van der Waals surface area contributed by atoms with Crippen molar-refractivity contribution in [3.8, 4) is 11.6 Å². The molecule has 1 N–H and O–H groups in total. The Bertz CT molecular complexity index is 903. The van der Waals surface area contributed by atoms with E-state index in [2.05, 4.69) is 48.2 Å². The van der Waals surface area contributed by atoms with Gasteiger partial charge in [-0.15, -0.1) is 27.0 Å². The Morgan fingerprint density at radius 2 is 2.28 bits per heavy atom. The van der Waals surface area contributed by atoms with Crippen molar-refractivity contribution < 1.29 is 9.21 Å². The van der Waals surface area contributed by atoms with Crippen molar-refractivity contribution in [2.75, 3.05) is 11.1 Å². The fourth-order valence-electron chi connectivity index (χ4n) is 1.94. The molecule has 8 nitrogen and oxygen atoms in total. The van der Waals surface area contributed by atoms with Crippen LogP contribution in [0.15, 0.2) is 39.0 Å². The quantitative estimate of drug-likeness (QED) is 0.443. The lowest BCUT2D eigenvalue weighted by Crippen LogP contribution is -2.14. The molecule has 0 spiro atoms. The summed E-state index contributed by atoms with van der Waals surface area (Å²) in [5, 5.41) is 20.6. The molecule has 0 aromatic carbocycles. The van der Waals surface area contributed by atoms with Crippen molar-refractivity contribution in [2.45, 2.75) is 18.6 Å². The van der Waals surface area contributed by atoms with E-state index in [-0.39, 0.29) is 11.7 Å². The molecule has 0 radical (unpaired) electrons. The van der Waals surface area contributed by atoms with Crippen molar-refractivity contribution in [3.05, 3.63) is 34.5 Å². The minimum atomic E-state index is -0.184. The van der Waals surface area contributed by atoms with E-state index in [0.29, 0.717) is 33.1 Å². The Balaban J connectivity index is 1.70. The fraction of sp³-hybridized carbons (Fsp3) is 0.214. The van der Waals surface area contributed by atoms with Crippen LogP contribution in [-0.4, -0.2) is 36.6 Å². The molecule has 0 bridgehead atoms. The van der Waals surface area contributed by atoms with Crippen LogP contribution in [0.2, 0.25) is 0 Å². The van der Waals surface area contributed by atoms with Gasteiger partial charge in [0.15, 0.2) is 15.6 Å². The molecular weight excluding hydrogens is 428 g/mol. The molecule has 0 aliphatic carbocycles. The van der Waals surface area contributed by atoms with E-state index in [1.54, 1.807) is 18.2 Å². The first-order valence-electron chi connectivity index (χ1n) is 7.09. The predicted molar refractivity (Wildman–Crippen MR) is 99.6 cm³/mol. The van der Waals surface area contributed by atoms with Crippen LogP contribution in [0, 0.1) is 6.92 Å². The second kappa shape index (κ2) is 7.93. The van der Waals surface area contributed by atoms with Crippen molar-refractivity contribution in [2.24, 2.45) is 0 Å². The van der Waals surface area contributed by atoms with Gasteiger partial charge in [0, 0.05) is 6.54 Å². The number of carbonyl (C=O) groups excluding carboxylic acids is 1. The summed E-state index contributed by atoms with van der Waals surface area (Å²) in [4.78, 5) is 12.0. The third-order valence-electron chi connectivity index (χ3n) is 2.93. The number of furan rings is 1. The number of halogens is 1. The van der Waals surface area contributed by atoms with Gasteiger partial charge in [0.25, 0.3) is 0 Å². The first-order chi connectivity index (χ1) is 12.1. The van der Waals surface area contributed by atoms with Crippen LogP contribution in [0.3, 0.4) is 0 Å². The topological polar surface area (TPSA) is 98.7 Å². The van der Waals surface area contributed by atoms with E-state index in [9.17, 15) is 4.79 Å². The van der Waals surface area contributed by atoms with Gasteiger partial charge in [-0.05, 0) is 35.0 Å². The number of hydrogen-bond donors (Lipinski definition) is 1. The van der Waals surface area contributed by atoms with E-state index in [1.807, 2.05) is 11.5 Å². The molecule has 3 aromatic heterocycles. The molecule has 0 atom stereocenters. The molecule has 3 heterocycles. The maximum absolute atomic E-state index is 12.0. The molecule has 0 saturated carbocycles. The molecule has 3 aromatic rings. The highest BCUT2D eigenvalue weighted by atomic mass is 79.9. The first-order valence-corrected chi connectivity index (χ1v) is 9.69. The van der Waals surface area contributed by atoms with Gasteiger partial charge < -0.3 is 4.42 Å². The molecule has 130 valence electrons. The lowest BCUT2D eigenvalue weighted by molar-refractivity contribution is -0.113. The van der Waals surface area contributed by atoms with Crippen LogP contribution in [0.1, 0.15) is 5.01 Å². The highest BCUT2D eigenvalue weighted by molar-refractivity contribution is 9.10. The average Bonchev–Trinajstić information content (AvgIpc) is 3.27. The van der Waals surface area contributed by atoms with Gasteiger partial charge in [0.2, 0.25) is 16.9 Å². The van der Waals surface area contributed by atoms with Crippen LogP contribution in [0.4, 0.5) is 5.13 Å². The van der Waals surface area contributed by atoms with Crippen LogP contribution < -0.4 is 5.32 Å². The molecule has 0 aliphatic heterocycles. The molecule has 0 saturated heterocycles. The van der Waals surface area contributed by atoms with Crippen molar-refractivity contribution in [1.29, 1.82) is 0 Å². The summed E-state index contributed by atoms with van der Waals surface area (Å²) in [5.41, 5.74) is 0. The van der Waals surface area contributed by atoms with E-state index in [4.69, 9.17) is 4.42 Å². The van der Waals surface area contributed by atoms with E-state index < -0.39 is 0 Å². The number of allylic oxidation sites excluding steroid dienone is 1. The molecule has 0 aliphatic rings. The van der Waals surface area contributed by atoms with E-state index in [1.165, 1.54) is 23.1 Å². The molecule has 1 amide bonds. The lowest BCUT2D eigenvalue weighted by atomic mass is 10.4. The number of anilines is 1. The smallest absolute Gasteiger partial charge is 0.236 e. The van der Waals surface area contributed by atoms with Crippen LogP contribution >= 0.6 is 39.0 Å². The maximum Gasteiger partial charge on any atom is 0.236 e. The molecule has 0 unspecified atom stereocenters. The number of nitrogens with zero attached hydrogens (tertiary/aromatic N) is 5. The van der Waals surface area contributed by atoms with Crippen molar-refractivity contribution >= 4 is 50.1 Å². The van der Waals surface area contributed by atoms with Gasteiger partial charge in [-0.25, -0.2) is 0 Å². The Morgan fingerprint density at radius 1 is 1.44 bits per heavy atom. The summed E-state index contributed by atoms with van der Waals surface area (Å²) in [6.07, 6.45) is 1.74. The van der Waals surface area contributed by atoms with Crippen molar-refractivity contribution in [1.82, 2.24) is 25.0 Å². The van der Waals surface area contributed by atoms with Gasteiger partial charge in [0.1, 0.15) is 5.01 Å². The Hall–Kier alpha value is -1.98. The molecule has 11 heteroatoms. The number of nitrogens with one attached hydrogen (secondary N) is 1. The summed E-state index contributed by atoms with van der Waals surface area (Å²) in [5.74, 6) is 1.15. The van der Waals surface area contributed by atoms with E-state index >= 15 is 0 Å². The molecule has 0 fully saturated rings. The number of aromatic nitrogens is 5. The Labute approximate surface area is 159 Å². The number of carbonyl (C=O) groups is 1. The third kappa shape index (κ3) is 4.35. The second-order valence-corrected chi connectivity index (χ2v) is 7.68. The largest absolute Gasteiger partial charge is 0.446 e. The van der Waals surface area contributed by atoms with Crippen LogP contribution in [0.25, 0.3) is 11.6 Å². The molecule has 3 rings (SSSR count). The zero-order valence-corrected chi connectivity index (χ0v) is 16.3. The fourth-order valence-corrected chi connectivity index (χ4v) is 3.60. The minimum absolute atomic E-state index is 0.176. The number of thioether (sulfide) groups is 1. The van der Waals surface area contributed by atoms with Crippen LogP contribution in [-0.2, 0) is 11.3 Å². The number of rotatable bonds is 7. The van der Waals surface area contributed by atoms with Crippen molar-refractivity contribution in [3.63, 3.8) is 0 Å². The SMILES string of the molecule is C=CCn1c(SCC(=O)Nc2nnc(C)s2)nnc1-c1ccc(Br)o1. The van der Waals surface area contributed by atoms with Gasteiger partial charge in [-0.3, -0.25) is 14.7 Å². The average molecular weight is 441 g/mol.